The molecule has 42 heavy (non-hydrogen) atoms. The Bertz CT molecular complexity index is 1810. The highest BCUT2D eigenvalue weighted by Gasteiger charge is 2.63. The highest BCUT2D eigenvalue weighted by Crippen LogP contribution is 2.59. The van der Waals surface area contributed by atoms with Crippen molar-refractivity contribution >= 4 is 52.4 Å². The zero-order valence-electron chi connectivity index (χ0n) is 21.3. The summed E-state index contributed by atoms with van der Waals surface area (Å²) in [6.07, 6.45) is -3.87. The average molecular weight is 627 g/mol. The number of rotatable bonds is 7. The first kappa shape index (κ1) is 27.6. The van der Waals surface area contributed by atoms with E-state index in [1.165, 1.54) is 28.1 Å². The van der Waals surface area contributed by atoms with E-state index in [1.54, 1.807) is 0 Å². The van der Waals surface area contributed by atoms with E-state index in [0.717, 1.165) is 0 Å². The Hall–Kier alpha value is -3.20. The van der Waals surface area contributed by atoms with Crippen molar-refractivity contribution in [3.8, 4) is 0 Å². The lowest BCUT2D eigenvalue weighted by atomic mass is 10.0. The summed E-state index contributed by atoms with van der Waals surface area (Å²) in [6, 6.07) is 0. The van der Waals surface area contributed by atoms with Crippen LogP contribution in [-0.4, -0.2) is 110 Å². The smallest absolute Gasteiger partial charge is 0.280 e. The summed E-state index contributed by atoms with van der Waals surface area (Å²) in [5.74, 6) is -0.0681. The third-order valence-corrected chi connectivity index (χ3v) is 10.6. The molecule has 3 fully saturated rings. The van der Waals surface area contributed by atoms with E-state index in [1.807, 2.05) is 0 Å². The summed E-state index contributed by atoms with van der Waals surface area (Å²) in [4.78, 5) is 46.4. The van der Waals surface area contributed by atoms with Gasteiger partial charge in [0.15, 0.2) is 41.6 Å². The maximum Gasteiger partial charge on any atom is 0.280 e. The van der Waals surface area contributed by atoms with Crippen molar-refractivity contribution in [3.05, 3.63) is 29.3 Å². The van der Waals surface area contributed by atoms with Gasteiger partial charge in [0.05, 0.1) is 32.5 Å². The number of halogens is 1. The molecule has 1 unspecified atom stereocenters. The first-order chi connectivity index (χ1) is 20.0. The van der Waals surface area contributed by atoms with E-state index < -0.39 is 73.5 Å². The van der Waals surface area contributed by atoms with E-state index >= 15 is 4.39 Å². The van der Waals surface area contributed by atoms with Crippen LogP contribution in [0, 0.1) is 0 Å². The van der Waals surface area contributed by atoms with Crippen molar-refractivity contribution in [3.63, 3.8) is 0 Å². The van der Waals surface area contributed by atoms with Crippen LogP contribution in [0.15, 0.2) is 23.8 Å². The number of ether oxygens (including phenoxy) is 3. The summed E-state index contributed by atoms with van der Waals surface area (Å²) >= 11 is 5.45. The highest BCUT2D eigenvalue weighted by atomic mass is 32.5. The van der Waals surface area contributed by atoms with Crippen molar-refractivity contribution in [2.24, 2.45) is 0 Å². The van der Waals surface area contributed by atoms with E-state index in [4.69, 9.17) is 42.0 Å². The van der Waals surface area contributed by atoms with Crippen LogP contribution in [0.4, 0.5) is 16.2 Å². The number of nitrogens with one attached hydrogen (secondary N) is 1. The second-order valence-electron chi connectivity index (χ2n) is 10.2. The molecule has 0 radical (unpaired) electrons. The molecule has 7 heterocycles. The van der Waals surface area contributed by atoms with Crippen molar-refractivity contribution in [1.82, 2.24) is 39.0 Å². The predicted octanol–water partition coefficient (Wildman–Crippen LogP) is -1.93. The van der Waals surface area contributed by atoms with E-state index in [9.17, 15) is 19.9 Å². The fraction of sp³-hybridized carbons (Fsp3) is 0.524. The SMILES string of the molecule is Nc1nc2c(ncn2[C@@H]2O[C@H](CO)[C@H](F)[C@H]2P(O)(=S)OC[C@@]23CO[C@@H]([C@H](n4cnc5c(N)ncnc54)O2)[C@@H]3O)c(=O)[nH]1. The normalized spacial score (nSPS) is 34.0. The lowest BCUT2D eigenvalue weighted by Gasteiger charge is -2.34. The van der Waals surface area contributed by atoms with Crippen molar-refractivity contribution in [2.75, 3.05) is 31.3 Å². The molecule has 8 N–H and O–H groups in total. The van der Waals surface area contributed by atoms with Crippen LogP contribution in [0.5, 0.6) is 0 Å². The lowest BCUT2D eigenvalue weighted by Crippen LogP contribution is -2.45. The Balaban J connectivity index is 1.17. The third kappa shape index (κ3) is 3.98. The second kappa shape index (κ2) is 9.66. The summed E-state index contributed by atoms with van der Waals surface area (Å²) in [6.45, 7) is -5.49. The van der Waals surface area contributed by atoms with Crippen molar-refractivity contribution in [1.29, 1.82) is 0 Å². The van der Waals surface area contributed by atoms with Gasteiger partial charge in [0.2, 0.25) is 5.95 Å². The fourth-order valence-corrected chi connectivity index (χ4v) is 8.12. The Morgan fingerprint density at radius 2 is 1.93 bits per heavy atom. The van der Waals surface area contributed by atoms with E-state index in [-0.39, 0.29) is 29.5 Å². The number of nitrogens with zero attached hydrogens (tertiary/aromatic N) is 7. The molecular weight excluding hydrogens is 602 g/mol. The Labute approximate surface area is 238 Å². The first-order valence-corrected chi connectivity index (χ1v) is 15.3. The quantitative estimate of drug-likeness (QED) is 0.122. The molecule has 9 atom stereocenters. The van der Waals surface area contributed by atoms with Gasteiger partial charge in [-0.15, -0.1) is 0 Å². The van der Waals surface area contributed by atoms with Gasteiger partial charge < -0.3 is 45.3 Å². The molecular formula is C21H24FN10O8PS. The number of anilines is 2. The minimum atomic E-state index is -4.16. The molecule has 2 bridgehead atoms. The Morgan fingerprint density at radius 3 is 2.69 bits per heavy atom. The number of nitrogens with two attached hydrogens (primary N) is 2. The fourth-order valence-electron chi connectivity index (χ4n) is 5.64. The number of aromatic amines is 1. The predicted molar refractivity (Wildman–Crippen MR) is 143 cm³/mol. The molecule has 0 spiro atoms. The Kier molecular flexibility index (Phi) is 6.35. The number of imidazole rings is 2. The Morgan fingerprint density at radius 1 is 1.19 bits per heavy atom. The molecule has 7 rings (SSSR count). The molecule has 224 valence electrons. The van der Waals surface area contributed by atoms with Crippen LogP contribution < -0.4 is 17.0 Å². The van der Waals surface area contributed by atoms with Crippen LogP contribution >= 0.6 is 6.49 Å². The number of aromatic nitrogens is 8. The number of nitrogen functional groups attached to an aromatic ring is 2. The van der Waals surface area contributed by atoms with Crippen LogP contribution in [-0.2, 0) is 30.5 Å². The third-order valence-electron chi connectivity index (χ3n) is 7.73. The van der Waals surface area contributed by atoms with Gasteiger partial charge in [-0.3, -0.25) is 18.9 Å². The minimum Gasteiger partial charge on any atom is -0.394 e. The molecule has 18 nitrogen and oxygen atoms in total. The molecule has 0 aromatic carbocycles. The zero-order valence-corrected chi connectivity index (χ0v) is 23.0. The number of aliphatic hydroxyl groups is 2. The number of aliphatic hydroxyl groups excluding tert-OH is 2. The average Bonchev–Trinajstić information content (AvgIpc) is 3.75. The summed E-state index contributed by atoms with van der Waals surface area (Å²) < 4.78 is 42.0. The molecule has 0 saturated carbocycles. The van der Waals surface area contributed by atoms with Crippen LogP contribution in [0.3, 0.4) is 0 Å². The van der Waals surface area contributed by atoms with Crippen LogP contribution in [0.25, 0.3) is 22.3 Å². The molecule has 21 heteroatoms. The van der Waals surface area contributed by atoms with Gasteiger partial charge in [-0.1, -0.05) is 0 Å². The number of fused-ring (bicyclic) bond motifs is 4. The van der Waals surface area contributed by atoms with Crippen LogP contribution in [0.2, 0.25) is 0 Å². The molecule has 3 saturated heterocycles. The first-order valence-electron chi connectivity index (χ1n) is 12.5. The van der Waals surface area contributed by atoms with E-state index in [2.05, 4.69) is 29.9 Å². The van der Waals surface area contributed by atoms with Gasteiger partial charge in [-0.05, 0) is 11.8 Å². The molecule has 3 aliphatic rings. The summed E-state index contributed by atoms with van der Waals surface area (Å²) in [5.41, 5.74) is 8.42. The number of hydrogen-bond donors (Lipinski definition) is 6. The van der Waals surface area contributed by atoms with E-state index in [0.29, 0.717) is 11.2 Å². The second-order valence-corrected chi connectivity index (χ2v) is 13.7. The van der Waals surface area contributed by atoms with Gasteiger partial charge in [0, 0.05) is 0 Å². The minimum absolute atomic E-state index is 0.0490. The highest BCUT2D eigenvalue weighted by molar-refractivity contribution is 8.09. The maximum atomic E-state index is 15.7. The maximum absolute atomic E-state index is 15.7. The topological polar surface area (TPSA) is 257 Å². The molecule has 0 amide bonds. The van der Waals surface area contributed by atoms with Gasteiger partial charge in [-0.25, -0.2) is 24.3 Å². The summed E-state index contributed by atoms with van der Waals surface area (Å²) in [7, 11) is 0. The molecule has 4 aromatic heterocycles. The van der Waals surface area contributed by atoms with Gasteiger partial charge >= 0.3 is 0 Å². The zero-order chi connectivity index (χ0) is 29.6. The molecule has 0 aliphatic carbocycles. The van der Waals surface area contributed by atoms with Gasteiger partial charge in [0.1, 0.15) is 47.6 Å². The number of alkyl halides is 1. The molecule has 3 aliphatic heterocycles. The number of H-pyrrole nitrogens is 1. The van der Waals surface area contributed by atoms with Gasteiger partial charge in [-0.2, -0.15) is 4.98 Å². The van der Waals surface area contributed by atoms with Crippen molar-refractivity contribution in [2.45, 2.75) is 48.2 Å². The molecule has 4 aromatic rings. The lowest BCUT2D eigenvalue weighted by molar-refractivity contribution is -0.182. The van der Waals surface area contributed by atoms with Crippen LogP contribution in [0.1, 0.15) is 12.5 Å². The monoisotopic (exact) mass is 626 g/mol. The van der Waals surface area contributed by atoms with Gasteiger partial charge in [0.25, 0.3) is 5.56 Å². The largest absolute Gasteiger partial charge is 0.394 e. The summed E-state index contributed by atoms with van der Waals surface area (Å²) in [5, 5.41) is 20.9. The van der Waals surface area contributed by atoms with Crippen molar-refractivity contribution < 1.29 is 38.2 Å². The number of hydrogen-bond acceptors (Lipinski definition) is 15. The standard InChI is InChI=1S/C21H24FN10O8PS/c22-8-7(1-33)39-19(32-6-28-10-16(32)29-20(24)30-17(10)35)12(8)41(36,42)38-3-21-2-37-11(13(21)34)18(40-21)31-5-27-9-14(23)25-4-26-15(9)31/h4-8,11-13,18-19,33-34H,1-3H2,(H,36,42)(H2,23,25,26)(H3,24,29,30,35)/t7-,8+,11-,12-,13+,18-,19-,21-,41?/m1/s1.